The predicted octanol–water partition coefficient (Wildman–Crippen LogP) is 0.829. The molecule has 0 bridgehead atoms. The van der Waals surface area contributed by atoms with Crippen LogP contribution in [-0.2, 0) is 10.0 Å². The number of aliphatic hydroxyl groups excluding tert-OH is 1. The van der Waals surface area contributed by atoms with Gasteiger partial charge in [0.05, 0.1) is 6.10 Å². The van der Waals surface area contributed by atoms with Crippen molar-refractivity contribution in [2.75, 3.05) is 25.5 Å². The highest BCUT2D eigenvalue weighted by Crippen LogP contribution is 2.30. The van der Waals surface area contributed by atoms with E-state index in [2.05, 4.69) is 10.3 Å². The molecule has 0 spiro atoms. The van der Waals surface area contributed by atoms with Crippen molar-refractivity contribution in [3.63, 3.8) is 0 Å². The molecule has 1 saturated heterocycles. The Morgan fingerprint density at radius 3 is 2.95 bits per heavy atom. The van der Waals surface area contributed by atoms with Gasteiger partial charge in [0, 0.05) is 31.7 Å². The van der Waals surface area contributed by atoms with Crippen LogP contribution in [-0.4, -0.2) is 53.5 Å². The quantitative estimate of drug-likeness (QED) is 0.870. The molecule has 0 radical (unpaired) electrons. The molecule has 3 rings (SSSR count). The third-order valence-corrected chi connectivity index (χ3v) is 6.51. The third kappa shape index (κ3) is 2.33. The molecule has 21 heavy (non-hydrogen) atoms. The number of imidazole rings is 1. The van der Waals surface area contributed by atoms with Crippen molar-refractivity contribution >= 4 is 32.1 Å². The minimum atomic E-state index is -3.65. The highest BCUT2D eigenvalue weighted by Gasteiger charge is 2.36. The van der Waals surface area contributed by atoms with E-state index in [4.69, 9.17) is 0 Å². The standard InChI is InChI=1S/C12H18N4O3S2/c1-8-7-15(4-3-9(8)17)21(18,19)11-10(13-2)14-12-16(11)5-6-20-12/h5-6,8-9,13,17H,3-4,7H2,1-2H3. The Morgan fingerprint density at radius 2 is 2.29 bits per heavy atom. The van der Waals surface area contributed by atoms with E-state index < -0.39 is 16.1 Å². The fourth-order valence-electron chi connectivity index (χ4n) is 2.61. The first-order valence-electron chi connectivity index (χ1n) is 6.76. The highest BCUT2D eigenvalue weighted by molar-refractivity contribution is 7.89. The van der Waals surface area contributed by atoms with Gasteiger partial charge in [-0.05, 0) is 12.3 Å². The molecule has 0 aromatic carbocycles. The van der Waals surface area contributed by atoms with Crippen LogP contribution in [0.3, 0.4) is 0 Å². The van der Waals surface area contributed by atoms with Crippen LogP contribution in [0.5, 0.6) is 0 Å². The number of aliphatic hydroxyl groups is 1. The molecule has 0 amide bonds. The van der Waals surface area contributed by atoms with Gasteiger partial charge in [0.15, 0.2) is 15.8 Å². The van der Waals surface area contributed by atoms with Crippen LogP contribution in [0.2, 0.25) is 0 Å². The van der Waals surface area contributed by atoms with E-state index in [-0.39, 0.29) is 10.9 Å². The zero-order valence-electron chi connectivity index (χ0n) is 11.9. The zero-order chi connectivity index (χ0) is 15.2. The van der Waals surface area contributed by atoms with Gasteiger partial charge in [-0.15, -0.1) is 11.3 Å². The van der Waals surface area contributed by atoms with Crippen molar-refractivity contribution in [3.05, 3.63) is 11.6 Å². The molecule has 116 valence electrons. The van der Waals surface area contributed by atoms with Gasteiger partial charge < -0.3 is 10.4 Å². The van der Waals surface area contributed by atoms with Gasteiger partial charge >= 0.3 is 0 Å². The number of rotatable bonds is 3. The Morgan fingerprint density at radius 1 is 1.52 bits per heavy atom. The van der Waals surface area contributed by atoms with Crippen molar-refractivity contribution in [2.24, 2.45) is 5.92 Å². The van der Waals surface area contributed by atoms with Crippen molar-refractivity contribution < 1.29 is 13.5 Å². The average molecular weight is 330 g/mol. The van der Waals surface area contributed by atoms with E-state index in [0.29, 0.717) is 30.3 Å². The van der Waals surface area contributed by atoms with Gasteiger partial charge in [-0.25, -0.2) is 13.4 Å². The summed E-state index contributed by atoms with van der Waals surface area (Å²) in [5, 5.41) is 14.6. The maximum absolute atomic E-state index is 12.9. The Labute approximate surface area is 127 Å². The van der Waals surface area contributed by atoms with E-state index in [9.17, 15) is 13.5 Å². The second kappa shape index (κ2) is 5.24. The summed E-state index contributed by atoms with van der Waals surface area (Å²) in [7, 11) is -1.99. The smallest absolute Gasteiger partial charge is 0.262 e. The van der Waals surface area contributed by atoms with Crippen LogP contribution in [0.1, 0.15) is 13.3 Å². The molecule has 0 aliphatic carbocycles. The number of fused-ring (bicyclic) bond motifs is 1. The molecule has 2 aromatic rings. The SMILES string of the molecule is CNc1nc2sccn2c1S(=O)(=O)N1CCC(O)C(C)C1. The first-order valence-corrected chi connectivity index (χ1v) is 9.08. The van der Waals surface area contributed by atoms with Gasteiger partial charge in [0.25, 0.3) is 10.0 Å². The fraction of sp³-hybridized carbons (Fsp3) is 0.583. The Bertz CT molecular complexity index is 752. The fourth-order valence-corrected chi connectivity index (χ4v) is 5.19. The lowest BCUT2D eigenvalue weighted by Crippen LogP contribution is -2.45. The normalized spacial score (nSPS) is 24.5. The monoisotopic (exact) mass is 330 g/mol. The van der Waals surface area contributed by atoms with Gasteiger partial charge in [-0.2, -0.15) is 4.31 Å². The van der Waals surface area contributed by atoms with Crippen LogP contribution in [0.25, 0.3) is 4.96 Å². The molecule has 1 fully saturated rings. The Kier molecular flexibility index (Phi) is 3.68. The lowest BCUT2D eigenvalue weighted by Gasteiger charge is -2.33. The molecule has 0 saturated carbocycles. The number of hydrogen-bond acceptors (Lipinski definition) is 6. The summed E-state index contributed by atoms with van der Waals surface area (Å²) < 4.78 is 28.9. The molecule has 1 aliphatic heterocycles. The van der Waals surface area contributed by atoms with Crippen LogP contribution in [0.4, 0.5) is 5.82 Å². The number of piperidine rings is 1. The number of nitrogens with zero attached hydrogens (tertiary/aromatic N) is 3. The topological polar surface area (TPSA) is 86.9 Å². The molecule has 2 atom stereocenters. The Hall–Kier alpha value is -1.16. The minimum Gasteiger partial charge on any atom is -0.393 e. The van der Waals surface area contributed by atoms with E-state index in [0.717, 1.165) is 0 Å². The van der Waals surface area contributed by atoms with Crippen molar-refractivity contribution in [2.45, 2.75) is 24.5 Å². The molecule has 2 unspecified atom stereocenters. The van der Waals surface area contributed by atoms with Crippen molar-refractivity contribution in [3.8, 4) is 0 Å². The van der Waals surface area contributed by atoms with E-state index in [1.807, 2.05) is 12.3 Å². The van der Waals surface area contributed by atoms with E-state index in [1.165, 1.54) is 15.6 Å². The van der Waals surface area contributed by atoms with Gasteiger partial charge in [-0.3, -0.25) is 4.40 Å². The first-order chi connectivity index (χ1) is 9.95. The van der Waals surface area contributed by atoms with Crippen molar-refractivity contribution in [1.82, 2.24) is 13.7 Å². The van der Waals surface area contributed by atoms with Gasteiger partial charge in [-0.1, -0.05) is 6.92 Å². The maximum atomic E-state index is 12.9. The van der Waals surface area contributed by atoms with E-state index >= 15 is 0 Å². The largest absolute Gasteiger partial charge is 0.393 e. The Balaban J connectivity index is 2.06. The number of thiazole rings is 1. The molecule has 7 nitrogen and oxygen atoms in total. The average Bonchev–Trinajstić information content (AvgIpc) is 3.00. The summed E-state index contributed by atoms with van der Waals surface area (Å²) in [6.45, 7) is 2.51. The lowest BCUT2D eigenvalue weighted by molar-refractivity contribution is 0.0628. The molecular weight excluding hydrogens is 312 g/mol. The molecule has 3 heterocycles. The van der Waals surface area contributed by atoms with Crippen LogP contribution in [0, 0.1) is 5.92 Å². The number of hydrogen-bond donors (Lipinski definition) is 2. The predicted molar refractivity (Wildman–Crippen MR) is 81.2 cm³/mol. The lowest BCUT2D eigenvalue weighted by atomic mass is 9.99. The highest BCUT2D eigenvalue weighted by atomic mass is 32.2. The zero-order valence-corrected chi connectivity index (χ0v) is 13.5. The number of sulfonamides is 1. The summed E-state index contributed by atoms with van der Waals surface area (Å²) in [6, 6.07) is 0. The summed E-state index contributed by atoms with van der Waals surface area (Å²) in [5.41, 5.74) is 0. The van der Waals surface area contributed by atoms with Gasteiger partial charge in [0.2, 0.25) is 0 Å². The summed E-state index contributed by atoms with van der Waals surface area (Å²) >= 11 is 1.39. The van der Waals surface area contributed by atoms with Crippen LogP contribution < -0.4 is 5.32 Å². The van der Waals surface area contributed by atoms with Crippen LogP contribution in [0.15, 0.2) is 16.6 Å². The summed E-state index contributed by atoms with van der Waals surface area (Å²) in [4.78, 5) is 4.94. The van der Waals surface area contributed by atoms with Crippen LogP contribution >= 0.6 is 11.3 Å². The molecule has 1 aliphatic rings. The first kappa shape index (κ1) is 14.8. The second-order valence-electron chi connectivity index (χ2n) is 5.27. The number of nitrogens with one attached hydrogen (secondary N) is 1. The molecule has 2 N–H and O–H groups in total. The number of aromatic nitrogens is 2. The van der Waals surface area contributed by atoms with Gasteiger partial charge in [0.1, 0.15) is 0 Å². The maximum Gasteiger partial charge on any atom is 0.262 e. The number of anilines is 1. The minimum absolute atomic E-state index is 0.0718. The summed E-state index contributed by atoms with van der Waals surface area (Å²) in [6.07, 6.45) is 1.73. The molecule has 9 heteroatoms. The van der Waals surface area contributed by atoms with E-state index in [1.54, 1.807) is 17.6 Å². The third-order valence-electron chi connectivity index (χ3n) is 3.86. The molecular formula is C12H18N4O3S2. The van der Waals surface area contributed by atoms with Crippen molar-refractivity contribution in [1.29, 1.82) is 0 Å². The molecule has 2 aromatic heterocycles. The summed E-state index contributed by atoms with van der Waals surface area (Å²) in [5.74, 6) is 0.290. The second-order valence-corrected chi connectivity index (χ2v) is 7.99.